The van der Waals surface area contributed by atoms with Crippen LogP contribution in [0.1, 0.15) is 33.1 Å². The Morgan fingerprint density at radius 2 is 1.90 bits per heavy atom. The fourth-order valence-corrected chi connectivity index (χ4v) is 1.71. The zero-order valence-corrected chi connectivity index (χ0v) is 7.43. The quantitative estimate of drug-likeness (QED) is 0.499. The van der Waals surface area contributed by atoms with Crippen molar-refractivity contribution in [1.82, 2.24) is 4.90 Å². The lowest BCUT2D eigenvalue weighted by atomic mass is 9.99. The van der Waals surface area contributed by atoms with E-state index in [1.807, 2.05) is 0 Å². The van der Waals surface area contributed by atoms with Gasteiger partial charge in [-0.1, -0.05) is 13.3 Å². The van der Waals surface area contributed by atoms with Crippen LogP contribution in [0.2, 0.25) is 0 Å². The number of hydrogen-bond acceptors (Lipinski definition) is 1. The molecule has 0 aromatic carbocycles. The van der Waals surface area contributed by atoms with E-state index in [1.165, 1.54) is 25.8 Å². The van der Waals surface area contributed by atoms with Gasteiger partial charge >= 0.3 is 0 Å². The summed E-state index contributed by atoms with van der Waals surface area (Å²) in [6, 6.07) is 0.794. The molecule has 1 nitrogen and oxygen atoms in total. The molecule has 0 spiro atoms. The maximum Gasteiger partial charge on any atom is 0.00895 e. The Hall–Kier alpha value is -0.0400. The third-order valence-corrected chi connectivity index (χ3v) is 2.94. The highest BCUT2D eigenvalue weighted by Gasteiger charge is 2.18. The van der Waals surface area contributed by atoms with Gasteiger partial charge in [0.1, 0.15) is 0 Å². The minimum atomic E-state index is 0.794. The van der Waals surface area contributed by atoms with Crippen LogP contribution in [0.5, 0.6) is 0 Å². The highest BCUT2D eigenvalue weighted by molar-refractivity contribution is 4.73. The molecule has 0 aromatic rings. The second-order valence-corrected chi connectivity index (χ2v) is 3.69. The molecule has 0 aromatic heterocycles. The Balaban J connectivity index is 2.46. The summed E-state index contributed by atoms with van der Waals surface area (Å²) in [7, 11) is 2.24. The van der Waals surface area contributed by atoms with Gasteiger partial charge in [-0.15, -0.1) is 0 Å². The maximum atomic E-state index is 2.48. The molecule has 0 unspecified atom stereocenters. The molecule has 0 N–H and O–H groups in total. The highest BCUT2D eigenvalue weighted by Crippen LogP contribution is 2.20. The molecule has 1 aliphatic rings. The van der Waals surface area contributed by atoms with Gasteiger partial charge in [-0.25, -0.2) is 0 Å². The number of likely N-dealkylation sites (tertiary alicyclic amines) is 1. The lowest BCUT2D eigenvalue weighted by Gasteiger charge is -2.26. The first-order valence-electron chi connectivity index (χ1n) is 4.42. The van der Waals surface area contributed by atoms with Crippen molar-refractivity contribution in [3.63, 3.8) is 0 Å². The topological polar surface area (TPSA) is 3.24 Å². The second-order valence-electron chi connectivity index (χ2n) is 3.69. The van der Waals surface area contributed by atoms with Crippen LogP contribution in [0.4, 0.5) is 0 Å². The molecule has 0 amide bonds. The molecule has 1 heteroatoms. The van der Waals surface area contributed by atoms with Crippen molar-refractivity contribution >= 4 is 0 Å². The van der Waals surface area contributed by atoms with E-state index in [9.17, 15) is 0 Å². The molecule has 2 atom stereocenters. The first-order chi connectivity index (χ1) is 4.72. The smallest absolute Gasteiger partial charge is 0.00895 e. The van der Waals surface area contributed by atoms with E-state index in [0.29, 0.717) is 0 Å². The Labute approximate surface area is 64.4 Å². The molecule has 0 radical (unpaired) electrons. The average molecular weight is 141 g/mol. The molecule has 1 fully saturated rings. The minimum absolute atomic E-state index is 0.794. The van der Waals surface area contributed by atoms with Gasteiger partial charge in [0, 0.05) is 6.04 Å². The molecule has 1 saturated heterocycles. The van der Waals surface area contributed by atoms with E-state index >= 15 is 0 Å². The van der Waals surface area contributed by atoms with Crippen LogP contribution >= 0.6 is 0 Å². The molecule has 0 bridgehead atoms. The van der Waals surface area contributed by atoms with Crippen LogP contribution < -0.4 is 0 Å². The third-order valence-electron chi connectivity index (χ3n) is 2.94. The Bertz CT molecular complexity index is 88.9. The summed E-state index contributed by atoms with van der Waals surface area (Å²) < 4.78 is 0. The monoisotopic (exact) mass is 141 g/mol. The van der Waals surface area contributed by atoms with Gasteiger partial charge in [0.15, 0.2) is 0 Å². The Morgan fingerprint density at radius 1 is 1.20 bits per heavy atom. The van der Waals surface area contributed by atoms with Crippen LogP contribution in [0, 0.1) is 5.92 Å². The molecule has 0 saturated carbocycles. The first-order valence-corrected chi connectivity index (χ1v) is 4.42. The van der Waals surface area contributed by atoms with E-state index in [-0.39, 0.29) is 0 Å². The summed E-state index contributed by atoms with van der Waals surface area (Å²) in [5.41, 5.74) is 0. The van der Waals surface area contributed by atoms with Crippen molar-refractivity contribution in [2.24, 2.45) is 5.92 Å². The summed E-state index contributed by atoms with van der Waals surface area (Å²) in [5.74, 6) is 0.896. The van der Waals surface area contributed by atoms with Gasteiger partial charge < -0.3 is 4.90 Å². The van der Waals surface area contributed by atoms with Gasteiger partial charge in [-0.05, 0) is 39.3 Å². The molecular weight excluding hydrogens is 122 g/mol. The van der Waals surface area contributed by atoms with Crippen LogP contribution in [-0.4, -0.2) is 24.5 Å². The zero-order chi connectivity index (χ0) is 7.56. The van der Waals surface area contributed by atoms with E-state index in [4.69, 9.17) is 0 Å². The minimum Gasteiger partial charge on any atom is -0.303 e. The summed E-state index contributed by atoms with van der Waals surface area (Å²) in [4.78, 5) is 2.48. The molecule has 60 valence electrons. The van der Waals surface area contributed by atoms with Crippen LogP contribution in [0.3, 0.4) is 0 Å². The molecular formula is C9H19N. The maximum absolute atomic E-state index is 2.48. The largest absolute Gasteiger partial charge is 0.303 e. The van der Waals surface area contributed by atoms with Crippen LogP contribution in [0.25, 0.3) is 0 Å². The van der Waals surface area contributed by atoms with Crippen molar-refractivity contribution in [3.8, 4) is 0 Å². The molecule has 1 rings (SSSR count). The molecule has 0 aliphatic carbocycles. The van der Waals surface area contributed by atoms with E-state index in [2.05, 4.69) is 25.8 Å². The van der Waals surface area contributed by atoms with E-state index < -0.39 is 0 Å². The second kappa shape index (κ2) is 3.38. The van der Waals surface area contributed by atoms with Crippen molar-refractivity contribution in [2.75, 3.05) is 13.6 Å². The van der Waals surface area contributed by atoms with Crippen LogP contribution in [0.15, 0.2) is 0 Å². The van der Waals surface area contributed by atoms with Crippen LogP contribution in [-0.2, 0) is 0 Å². The predicted octanol–water partition coefficient (Wildman–Crippen LogP) is 2.13. The summed E-state index contributed by atoms with van der Waals surface area (Å²) in [5, 5.41) is 0. The lowest BCUT2D eigenvalue weighted by molar-refractivity contribution is 0.218. The third kappa shape index (κ3) is 1.72. The summed E-state index contributed by atoms with van der Waals surface area (Å²) in [6.45, 7) is 6.01. The van der Waals surface area contributed by atoms with Gasteiger partial charge in [-0.3, -0.25) is 0 Å². The lowest BCUT2D eigenvalue weighted by Crippen LogP contribution is -2.32. The van der Waals surface area contributed by atoms with Crippen molar-refractivity contribution in [3.05, 3.63) is 0 Å². The molecule has 1 heterocycles. The fourth-order valence-electron chi connectivity index (χ4n) is 1.71. The summed E-state index contributed by atoms with van der Waals surface area (Å²) >= 11 is 0. The van der Waals surface area contributed by atoms with Crippen molar-refractivity contribution in [2.45, 2.75) is 39.2 Å². The van der Waals surface area contributed by atoms with E-state index in [1.54, 1.807) is 0 Å². The first kappa shape index (κ1) is 8.06. The number of nitrogens with zero attached hydrogens (tertiary/aromatic N) is 1. The molecule has 10 heavy (non-hydrogen) atoms. The Kier molecular flexibility index (Phi) is 2.72. The predicted molar refractivity (Wildman–Crippen MR) is 45.1 cm³/mol. The average Bonchev–Trinajstić information content (AvgIpc) is 2.04. The van der Waals surface area contributed by atoms with Crippen molar-refractivity contribution in [1.29, 1.82) is 0 Å². The van der Waals surface area contributed by atoms with Gasteiger partial charge in [-0.2, -0.15) is 0 Å². The fraction of sp³-hybridized carbons (Fsp3) is 1.00. The number of rotatable bonds is 0. The Morgan fingerprint density at radius 3 is 2.60 bits per heavy atom. The number of hydrogen-bond donors (Lipinski definition) is 0. The summed E-state index contributed by atoms with van der Waals surface area (Å²) in [6.07, 6.45) is 4.24. The van der Waals surface area contributed by atoms with Gasteiger partial charge in [0.05, 0.1) is 0 Å². The standard InChI is InChI=1S/C9H19N/c1-8-6-4-5-7-10(3)9(8)2/h8-9H,4-7H2,1-3H3/t8-,9-/m1/s1. The van der Waals surface area contributed by atoms with Crippen molar-refractivity contribution < 1.29 is 0 Å². The highest BCUT2D eigenvalue weighted by atomic mass is 15.1. The van der Waals surface area contributed by atoms with Gasteiger partial charge in [0.2, 0.25) is 0 Å². The van der Waals surface area contributed by atoms with Gasteiger partial charge in [0.25, 0.3) is 0 Å². The zero-order valence-electron chi connectivity index (χ0n) is 7.43. The van der Waals surface area contributed by atoms with E-state index in [0.717, 1.165) is 12.0 Å². The SMILES string of the molecule is C[C@@H]1CCCCN(C)[C@@H]1C. The molecule has 1 aliphatic heterocycles. The normalized spacial score (nSPS) is 37.5.